The van der Waals surface area contributed by atoms with Crippen LogP contribution in [-0.2, 0) is 14.3 Å². The molecule has 2 aliphatic rings. The standard InChI is InChI=1S/C32H27NO6S/c1-19-28(32(36)38-14-13-37-21-8-3-2-4-9-21)29(23-18-39-26-11-6-5-10-22(26)31(23)35)30-24(33-19)16-20(17-25(30)34)27-12-7-15-40-27/h2-12,15,18,20,29,33H,13-14,16-17H2,1H3/t20-,29+/m0/s1. The average molecular weight is 554 g/mol. The van der Waals surface area contributed by atoms with Crippen molar-refractivity contribution in [1.82, 2.24) is 5.32 Å². The third-order valence-corrected chi connectivity index (χ3v) is 8.37. The van der Waals surface area contributed by atoms with Gasteiger partial charge >= 0.3 is 5.97 Å². The van der Waals surface area contributed by atoms with Crippen LogP contribution in [0.2, 0.25) is 0 Å². The SMILES string of the molecule is CC1=C(C(=O)OCCOc2ccccc2)[C@@H](c2coc3ccccc3c2=O)C2=C(C[C@H](c3cccs3)CC2=O)N1. The van der Waals surface area contributed by atoms with Gasteiger partial charge in [0.1, 0.15) is 24.5 Å². The molecule has 3 heterocycles. The number of ether oxygens (including phenoxy) is 2. The average Bonchev–Trinajstić information content (AvgIpc) is 3.51. The van der Waals surface area contributed by atoms with Gasteiger partial charge in [0.05, 0.1) is 23.1 Å². The summed E-state index contributed by atoms with van der Waals surface area (Å²) in [7, 11) is 0. The van der Waals surface area contributed by atoms with E-state index < -0.39 is 11.9 Å². The fraction of sp³-hybridized carbons (Fsp3) is 0.219. The van der Waals surface area contributed by atoms with Gasteiger partial charge < -0.3 is 19.2 Å². The monoisotopic (exact) mass is 553 g/mol. The molecule has 7 nitrogen and oxygen atoms in total. The number of nitrogens with one attached hydrogen (secondary N) is 1. The minimum Gasteiger partial charge on any atom is -0.490 e. The molecule has 0 amide bonds. The number of esters is 1. The van der Waals surface area contributed by atoms with Crippen LogP contribution in [0.1, 0.15) is 42.0 Å². The van der Waals surface area contributed by atoms with Crippen LogP contribution in [0.3, 0.4) is 0 Å². The van der Waals surface area contributed by atoms with E-state index in [1.54, 1.807) is 42.5 Å². The zero-order valence-corrected chi connectivity index (χ0v) is 22.7. The molecule has 0 spiro atoms. The van der Waals surface area contributed by atoms with Gasteiger partial charge in [-0.1, -0.05) is 36.4 Å². The van der Waals surface area contributed by atoms with Crippen LogP contribution in [0.25, 0.3) is 11.0 Å². The predicted molar refractivity (Wildman–Crippen MR) is 152 cm³/mol. The van der Waals surface area contributed by atoms with E-state index in [0.29, 0.717) is 40.8 Å². The Kier molecular flexibility index (Phi) is 7.09. The predicted octanol–water partition coefficient (Wildman–Crippen LogP) is 5.84. The van der Waals surface area contributed by atoms with Crippen LogP contribution in [0.15, 0.2) is 110 Å². The zero-order valence-electron chi connectivity index (χ0n) is 21.8. The Morgan fingerprint density at radius 3 is 2.60 bits per heavy atom. The highest BCUT2D eigenvalue weighted by molar-refractivity contribution is 7.10. The van der Waals surface area contributed by atoms with E-state index >= 15 is 0 Å². The first-order valence-electron chi connectivity index (χ1n) is 13.1. The van der Waals surface area contributed by atoms with Crippen LogP contribution in [0.5, 0.6) is 5.75 Å². The molecule has 2 atom stereocenters. The van der Waals surface area contributed by atoms with Gasteiger partial charge in [-0.25, -0.2) is 4.79 Å². The van der Waals surface area contributed by atoms with Crippen molar-refractivity contribution in [2.45, 2.75) is 31.6 Å². The van der Waals surface area contributed by atoms with E-state index in [0.717, 1.165) is 10.6 Å². The van der Waals surface area contributed by atoms with Crippen molar-refractivity contribution >= 4 is 34.1 Å². The molecule has 0 unspecified atom stereocenters. The maximum absolute atomic E-state index is 13.8. The first-order chi connectivity index (χ1) is 19.5. The molecule has 0 fully saturated rings. The van der Waals surface area contributed by atoms with E-state index in [1.165, 1.54) is 6.26 Å². The number of rotatable bonds is 7. The summed E-state index contributed by atoms with van der Waals surface area (Å²) < 4.78 is 17.1. The Morgan fingerprint density at radius 1 is 1.00 bits per heavy atom. The largest absolute Gasteiger partial charge is 0.490 e. The lowest BCUT2D eigenvalue weighted by atomic mass is 9.73. The van der Waals surface area contributed by atoms with Gasteiger partial charge in [-0.05, 0) is 49.1 Å². The van der Waals surface area contributed by atoms with Gasteiger partial charge in [0.25, 0.3) is 0 Å². The molecule has 6 rings (SSSR count). The molecule has 0 radical (unpaired) electrons. The van der Waals surface area contributed by atoms with E-state index in [-0.39, 0.29) is 41.5 Å². The van der Waals surface area contributed by atoms with E-state index in [9.17, 15) is 14.4 Å². The first kappa shape index (κ1) is 25.8. The number of Topliss-reactive ketones (excluding diaryl/α,β-unsaturated/α-hetero) is 1. The van der Waals surface area contributed by atoms with Gasteiger partial charge in [-0.15, -0.1) is 11.3 Å². The number of fused-ring (bicyclic) bond motifs is 1. The van der Waals surface area contributed by atoms with Crippen molar-refractivity contribution in [3.8, 4) is 5.75 Å². The molecule has 1 aliphatic heterocycles. The molecule has 0 saturated heterocycles. The second kappa shape index (κ2) is 11.0. The van der Waals surface area contributed by atoms with Gasteiger partial charge in [0, 0.05) is 39.7 Å². The number of allylic oxidation sites excluding steroid dienone is 3. The Balaban J connectivity index is 1.36. The zero-order chi connectivity index (χ0) is 27.6. The number of carbonyl (C=O) groups excluding carboxylic acids is 2. The molecule has 8 heteroatoms. The summed E-state index contributed by atoms with van der Waals surface area (Å²) in [5.41, 5.74) is 2.33. The van der Waals surface area contributed by atoms with Gasteiger partial charge in [-0.2, -0.15) is 0 Å². The van der Waals surface area contributed by atoms with Crippen LogP contribution in [0.4, 0.5) is 0 Å². The number of hydrogen-bond acceptors (Lipinski definition) is 8. The fourth-order valence-corrected chi connectivity index (χ4v) is 6.36. The molecule has 202 valence electrons. The summed E-state index contributed by atoms with van der Waals surface area (Å²) in [6, 6.07) is 20.2. The van der Waals surface area contributed by atoms with Crippen LogP contribution < -0.4 is 15.5 Å². The Bertz CT molecular complexity index is 1700. The van der Waals surface area contributed by atoms with E-state index in [4.69, 9.17) is 13.9 Å². The number of benzene rings is 2. The van der Waals surface area contributed by atoms with Crippen molar-refractivity contribution < 1.29 is 23.5 Å². The highest BCUT2D eigenvalue weighted by atomic mass is 32.1. The number of hydrogen-bond donors (Lipinski definition) is 1. The number of carbonyl (C=O) groups is 2. The second-order valence-corrected chi connectivity index (χ2v) is 10.8. The maximum atomic E-state index is 13.8. The smallest absolute Gasteiger partial charge is 0.336 e. The summed E-state index contributed by atoms with van der Waals surface area (Å²) in [6.07, 6.45) is 2.27. The topological polar surface area (TPSA) is 94.8 Å². The summed E-state index contributed by atoms with van der Waals surface area (Å²) >= 11 is 1.62. The quantitative estimate of drug-likeness (QED) is 0.227. The number of ketones is 1. The maximum Gasteiger partial charge on any atom is 0.336 e. The highest BCUT2D eigenvalue weighted by Gasteiger charge is 2.43. The Labute approximate surface area is 234 Å². The fourth-order valence-electron chi connectivity index (χ4n) is 5.53. The summed E-state index contributed by atoms with van der Waals surface area (Å²) in [5, 5.41) is 5.72. The summed E-state index contributed by atoms with van der Waals surface area (Å²) in [6.45, 7) is 1.94. The van der Waals surface area contributed by atoms with Gasteiger partial charge in [0.15, 0.2) is 11.2 Å². The van der Waals surface area contributed by atoms with Crippen molar-refractivity contribution in [2.24, 2.45) is 0 Å². The minimum absolute atomic E-state index is 0.00383. The third-order valence-electron chi connectivity index (χ3n) is 7.34. The summed E-state index contributed by atoms with van der Waals surface area (Å²) in [5.74, 6) is -0.919. The van der Waals surface area contributed by atoms with E-state index in [1.807, 2.05) is 47.8 Å². The first-order valence-corrected chi connectivity index (χ1v) is 14.0. The molecule has 2 aromatic carbocycles. The molecular weight excluding hydrogens is 526 g/mol. The molecular formula is C32H27NO6S. The van der Waals surface area contributed by atoms with Crippen LogP contribution in [0, 0.1) is 0 Å². The number of thiophene rings is 1. The van der Waals surface area contributed by atoms with Gasteiger partial charge in [0.2, 0.25) is 0 Å². The van der Waals surface area contributed by atoms with Gasteiger partial charge in [-0.3, -0.25) is 9.59 Å². The highest BCUT2D eigenvalue weighted by Crippen LogP contribution is 2.45. The van der Waals surface area contributed by atoms with E-state index in [2.05, 4.69) is 5.32 Å². The molecule has 2 aromatic heterocycles. The molecule has 0 bridgehead atoms. The Morgan fingerprint density at radius 2 is 1.80 bits per heavy atom. The van der Waals surface area contributed by atoms with Crippen molar-refractivity contribution in [1.29, 1.82) is 0 Å². The second-order valence-electron chi connectivity index (χ2n) is 9.85. The number of dihydropyridines is 1. The third kappa shape index (κ3) is 4.86. The molecule has 1 aliphatic carbocycles. The molecule has 0 saturated carbocycles. The summed E-state index contributed by atoms with van der Waals surface area (Å²) in [4.78, 5) is 42.2. The normalized spacial score (nSPS) is 18.9. The molecule has 40 heavy (non-hydrogen) atoms. The Hall–Kier alpha value is -4.43. The van der Waals surface area contributed by atoms with Crippen molar-refractivity contribution in [3.63, 3.8) is 0 Å². The van der Waals surface area contributed by atoms with Crippen LogP contribution in [-0.4, -0.2) is 25.0 Å². The molecule has 1 N–H and O–H groups in total. The lowest BCUT2D eigenvalue weighted by molar-refractivity contribution is -0.140. The number of para-hydroxylation sites is 2. The lowest BCUT2D eigenvalue weighted by Gasteiger charge is -2.36. The van der Waals surface area contributed by atoms with Crippen molar-refractivity contribution in [3.05, 3.63) is 122 Å². The lowest BCUT2D eigenvalue weighted by Crippen LogP contribution is -2.37. The minimum atomic E-state index is -0.906. The van der Waals surface area contributed by atoms with Crippen molar-refractivity contribution in [2.75, 3.05) is 13.2 Å². The van der Waals surface area contributed by atoms with Crippen LogP contribution >= 0.6 is 11.3 Å². The molecule has 4 aromatic rings.